The molecule has 1 heterocycles. The Morgan fingerprint density at radius 3 is 2.50 bits per heavy atom. The van der Waals surface area contributed by atoms with E-state index in [-0.39, 0.29) is 4.99 Å². The van der Waals surface area contributed by atoms with Crippen molar-refractivity contribution >= 4 is 28.8 Å². The molecule has 0 aliphatic rings. The molecule has 0 aliphatic carbocycles. The Hall–Kier alpha value is -1.65. The molecule has 2 aromatic rings. The Morgan fingerprint density at radius 1 is 1.20 bits per heavy atom. The van der Waals surface area contributed by atoms with Crippen molar-refractivity contribution in [1.82, 2.24) is 4.98 Å². The van der Waals surface area contributed by atoms with E-state index in [2.05, 4.69) is 4.98 Å². The fourth-order valence-corrected chi connectivity index (χ4v) is 2.50. The average molecular weight is 307 g/mol. The number of aryl methyl sites for hydroxylation is 3. The van der Waals surface area contributed by atoms with E-state index in [9.17, 15) is 0 Å². The summed E-state index contributed by atoms with van der Waals surface area (Å²) >= 11 is 11.3. The van der Waals surface area contributed by atoms with Crippen LogP contribution >= 0.6 is 23.8 Å². The van der Waals surface area contributed by atoms with E-state index >= 15 is 0 Å². The normalized spacial score (nSPS) is 10.4. The largest absolute Gasteiger partial charge is 0.455 e. The van der Waals surface area contributed by atoms with Gasteiger partial charge >= 0.3 is 0 Å². The van der Waals surface area contributed by atoms with Crippen LogP contribution < -0.4 is 10.5 Å². The molecule has 2 N–H and O–H groups in total. The van der Waals surface area contributed by atoms with Gasteiger partial charge in [0.15, 0.2) is 0 Å². The van der Waals surface area contributed by atoms with Gasteiger partial charge in [-0.3, -0.25) is 4.98 Å². The minimum Gasteiger partial charge on any atom is -0.455 e. The van der Waals surface area contributed by atoms with Crippen LogP contribution in [0.3, 0.4) is 0 Å². The number of nitrogens with zero attached hydrogens (tertiary/aromatic N) is 1. The molecule has 0 radical (unpaired) electrons. The van der Waals surface area contributed by atoms with Crippen LogP contribution in [-0.4, -0.2) is 9.97 Å². The first-order chi connectivity index (χ1) is 9.38. The maximum Gasteiger partial charge on any atom is 0.146 e. The third-order valence-corrected chi connectivity index (χ3v) is 3.35. The van der Waals surface area contributed by atoms with E-state index in [0.717, 1.165) is 17.0 Å². The van der Waals surface area contributed by atoms with Gasteiger partial charge in [-0.05, 0) is 38.5 Å². The molecule has 5 heteroatoms. The number of hydrogen-bond acceptors (Lipinski definition) is 3. The lowest BCUT2D eigenvalue weighted by Crippen LogP contribution is -2.14. The van der Waals surface area contributed by atoms with Gasteiger partial charge in [0.25, 0.3) is 0 Å². The third-order valence-electron chi connectivity index (χ3n) is 2.85. The van der Waals surface area contributed by atoms with Crippen LogP contribution in [0, 0.1) is 20.8 Å². The molecule has 0 aliphatic heterocycles. The highest BCUT2D eigenvalue weighted by Gasteiger charge is 2.14. The zero-order valence-electron chi connectivity index (χ0n) is 11.5. The average Bonchev–Trinajstić information content (AvgIpc) is 2.31. The monoisotopic (exact) mass is 306 g/mol. The van der Waals surface area contributed by atoms with Gasteiger partial charge in [-0.15, -0.1) is 0 Å². The lowest BCUT2D eigenvalue weighted by molar-refractivity contribution is 0.480. The minimum absolute atomic E-state index is 0.258. The van der Waals surface area contributed by atoms with Gasteiger partial charge in [0, 0.05) is 11.8 Å². The molecule has 2 rings (SSSR count). The topological polar surface area (TPSA) is 48.1 Å². The van der Waals surface area contributed by atoms with Crippen LogP contribution in [-0.2, 0) is 0 Å². The summed E-state index contributed by atoms with van der Waals surface area (Å²) in [6.07, 6.45) is 0. The molecule has 0 bridgehead atoms. The van der Waals surface area contributed by atoms with Gasteiger partial charge in [0.2, 0.25) is 0 Å². The standard InChI is InChI=1S/C15H15ClN2OS/c1-8-4-5-12(11(16)6-8)19-13-7-9(2)18-10(3)14(13)15(17)20/h4-7H,1-3H3,(H2,17,20). The lowest BCUT2D eigenvalue weighted by Gasteiger charge is -2.14. The third kappa shape index (κ3) is 3.08. The molecule has 0 fully saturated rings. The van der Waals surface area contributed by atoms with Crippen molar-refractivity contribution in [2.24, 2.45) is 5.73 Å². The predicted molar refractivity (Wildman–Crippen MR) is 85.9 cm³/mol. The van der Waals surface area contributed by atoms with E-state index in [0.29, 0.717) is 22.1 Å². The van der Waals surface area contributed by atoms with Crippen LogP contribution in [0.5, 0.6) is 11.5 Å². The fourth-order valence-electron chi connectivity index (χ4n) is 1.98. The van der Waals surface area contributed by atoms with Crippen LogP contribution in [0.1, 0.15) is 22.5 Å². The number of nitrogens with two attached hydrogens (primary N) is 1. The van der Waals surface area contributed by atoms with E-state index in [1.165, 1.54) is 0 Å². The molecule has 0 unspecified atom stereocenters. The van der Waals surface area contributed by atoms with Gasteiger partial charge in [-0.2, -0.15) is 0 Å². The molecule has 3 nitrogen and oxygen atoms in total. The molecule has 0 atom stereocenters. The Bertz CT molecular complexity index is 686. The highest BCUT2D eigenvalue weighted by Crippen LogP contribution is 2.33. The smallest absolute Gasteiger partial charge is 0.146 e. The molecule has 1 aromatic carbocycles. The molecular weight excluding hydrogens is 292 g/mol. The summed E-state index contributed by atoms with van der Waals surface area (Å²) in [4.78, 5) is 4.61. The number of hydrogen-bond donors (Lipinski definition) is 1. The van der Waals surface area contributed by atoms with Crippen molar-refractivity contribution in [3.8, 4) is 11.5 Å². The Labute approximate surface area is 128 Å². The summed E-state index contributed by atoms with van der Waals surface area (Å²) in [6.45, 7) is 5.71. The zero-order chi connectivity index (χ0) is 14.9. The summed E-state index contributed by atoms with van der Waals surface area (Å²) in [5.74, 6) is 1.15. The number of aromatic nitrogens is 1. The van der Waals surface area contributed by atoms with Gasteiger partial charge < -0.3 is 10.5 Å². The van der Waals surface area contributed by atoms with Gasteiger partial charge in [0.1, 0.15) is 16.5 Å². The summed E-state index contributed by atoms with van der Waals surface area (Å²) in [5, 5.41) is 0.547. The number of thiocarbonyl (C=S) groups is 1. The quantitative estimate of drug-likeness (QED) is 0.868. The number of benzene rings is 1. The van der Waals surface area contributed by atoms with Crippen molar-refractivity contribution < 1.29 is 4.74 Å². The molecule has 104 valence electrons. The molecular formula is C15H15ClN2OS. The first-order valence-electron chi connectivity index (χ1n) is 6.10. The summed E-state index contributed by atoms with van der Waals surface area (Å²) in [6, 6.07) is 7.41. The number of pyridine rings is 1. The highest BCUT2D eigenvalue weighted by atomic mass is 35.5. The maximum absolute atomic E-state index is 6.19. The molecule has 0 amide bonds. The Kier molecular flexibility index (Phi) is 4.26. The lowest BCUT2D eigenvalue weighted by atomic mass is 10.1. The molecule has 0 saturated carbocycles. The zero-order valence-corrected chi connectivity index (χ0v) is 13.1. The van der Waals surface area contributed by atoms with Crippen LogP contribution in [0.4, 0.5) is 0 Å². The SMILES string of the molecule is Cc1ccc(Oc2cc(C)nc(C)c2C(N)=S)c(Cl)c1. The number of rotatable bonds is 3. The highest BCUT2D eigenvalue weighted by molar-refractivity contribution is 7.80. The van der Waals surface area contributed by atoms with Crippen molar-refractivity contribution in [3.63, 3.8) is 0 Å². The van der Waals surface area contributed by atoms with E-state index in [1.807, 2.05) is 39.0 Å². The second-order valence-electron chi connectivity index (χ2n) is 4.62. The van der Waals surface area contributed by atoms with Crippen molar-refractivity contribution in [1.29, 1.82) is 0 Å². The van der Waals surface area contributed by atoms with Crippen molar-refractivity contribution in [2.45, 2.75) is 20.8 Å². The van der Waals surface area contributed by atoms with Crippen LogP contribution in [0.25, 0.3) is 0 Å². The van der Waals surface area contributed by atoms with Gasteiger partial charge in [-0.25, -0.2) is 0 Å². The minimum atomic E-state index is 0.258. The number of ether oxygens (including phenoxy) is 1. The van der Waals surface area contributed by atoms with E-state index in [4.69, 9.17) is 34.3 Å². The van der Waals surface area contributed by atoms with Crippen molar-refractivity contribution in [3.05, 3.63) is 51.8 Å². The molecule has 0 saturated heterocycles. The molecule has 0 spiro atoms. The fraction of sp³-hybridized carbons (Fsp3) is 0.200. The second kappa shape index (κ2) is 5.77. The van der Waals surface area contributed by atoms with Crippen LogP contribution in [0.2, 0.25) is 5.02 Å². The maximum atomic E-state index is 6.19. The first-order valence-corrected chi connectivity index (χ1v) is 6.89. The molecule has 20 heavy (non-hydrogen) atoms. The van der Waals surface area contributed by atoms with Crippen LogP contribution in [0.15, 0.2) is 24.3 Å². The summed E-state index contributed by atoms with van der Waals surface area (Å²) < 4.78 is 5.88. The first kappa shape index (κ1) is 14.8. The van der Waals surface area contributed by atoms with Crippen molar-refractivity contribution in [2.75, 3.05) is 0 Å². The number of halogens is 1. The van der Waals surface area contributed by atoms with E-state index in [1.54, 1.807) is 6.07 Å². The van der Waals surface area contributed by atoms with Gasteiger partial charge in [-0.1, -0.05) is 29.9 Å². The summed E-state index contributed by atoms with van der Waals surface area (Å²) in [5.41, 5.74) is 9.05. The van der Waals surface area contributed by atoms with E-state index < -0.39 is 0 Å². The Morgan fingerprint density at radius 2 is 1.90 bits per heavy atom. The second-order valence-corrected chi connectivity index (χ2v) is 5.47. The summed E-state index contributed by atoms with van der Waals surface area (Å²) in [7, 11) is 0. The molecule has 1 aromatic heterocycles. The van der Waals surface area contributed by atoms with Gasteiger partial charge in [0.05, 0.1) is 16.3 Å². The Balaban J connectivity index is 2.50. The predicted octanol–water partition coefficient (Wildman–Crippen LogP) is 4.09.